The molecule has 1 atom stereocenters. The van der Waals surface area contributed by atoms with Gasteiger partial charge in [0, 0.05) is 17.7 Å². The summed E-state index contributed by atoms with van der Waals surface area (Å²) in [7, 11) is 0. The van der Waals surface area contributed by atoms with Crippen LogP contribution in [0, 0.1) is 0 Å². The van der Waals surface area contributed by atoms with Gasteiger partial charge in [0.2, 0.25) is 0 Å². The summed E-state index contributed by atoms with van der Waals surface area (Å²) in [4.78, 5) is 3.91. The zero-order valence-corrected chi connectivity index (χ0v) is 12.3. The fourth-order valence-corrected chi connectivity index (χ4v) is 2.43. The summed E-state index contributed by atoms with van der Waals surface area (Å²) in [5.41, 5.74) is -0.106. The van der Waals surface area contributed by atoms with Crippen LogP contribution in [-0.4, -0.2) is 30.1 Å². The number of aliphatic hydroxyl groups excluding tert-OH is 1. The first kappa shape index (κ1) is 16.7. The van der Waals surface area contributed by atoms with Gasteiger partial charge < -0.3 is 10.4 Å². The van der Waals surface area contributed by atoms with Gasteiger partial charge in [-0.3, -0.25) is 4.99 Å². The number of hydrogen-bond donors (Lipinski definition) is 2. The van der Waals surface area contributed by atoms with Crippen LogP contribution in [0.3, 0.4) is 0 Å². The lowest BCUT2D eigenvalue weighted by Gasteiger charge is -2.23. The Morgan fingerprint density at radius 1 is 1.45 bits per heavy atom. The summed E-state index contributed by atoms with van der Waals surface area (Å²) < 4.78 is 38.6. The molecule has 0 saturated heterocycles. The molecule has 1 aromatic rings. The largest absolute Gasteiger partial charge is 0.406 e. The highest BCUT2D eigenvalue weighted by molar-refractivity contribution is 5.69. The Labute approximate surface area is 127 Å². The molecule has 120 valence electrons. The molecular formula is C16H19F3N2O. The second-order valence-electron chi connectivity index (χ2n) is 5.42. The SMILES string of the molecule is C=Nc1c(/C=C\C)cccc1[C@@H](O)CNC1(C(F)(F)F)CC1. The van der Waals surface area contributed by atoms with Crippen molar-refractivity contribution in [3.8, 4) is 0 Å². The van der Waals surface area contributed by atoms with Crippen molar-refractivity contribution in [2.24, 2.45) is 4.99 Å². The lowest BCUT2D eigenvalue weighted by molar-refractivity contribution is -0.166. The molecular weight excluding hydrogens is 293 g/mol. The number of aliphatic hydroxyl groups is 1. The number of aliphatic imine (C=N–C) groups is 1. The van der Waals surface area contributed by atoms with Gasteiger partial charge in [0.1, 0.15) is 5.54 Å². The van der Waals surface area contributed by atoms with Crippen LogP contribution < -0.4 is 5.32 Å². The molecule has 1 fully saturated rings. The molecule has 0 aliphatic heterocycles. The van der Waals surface area contributed by atoms with Gasteiger partial charge in [-0.05, 0) is 26.5 Å². The molecule has 0 unspecified atom stereocenters. The first-order chi connectivity index (χ1) is 10.3. The number of alkyl halides is 3. The van der Waals surface area contributed by atoms with Crippen LogP contribution in [0.2, 0.25) is 0 Å². The van der Waals surface area contributed by atoms with Crippen molar-refractivity contribution in [3.63, 3.8) is 0 Å². The van der Waals surface area contributed by atoms with Gasteiger partial charge in [0.05, 0.1) is 11.8 Å². The third-order valence-corrected chi connectivity index (χ3v) is 3.89. The van der Waals surface area contributed by atoms with E-state index in [0.29, 0.717) is 11.3 Å². The molecule has 22 heavy (non-hydrogen) atoms. The fraction of sp³-hybridized carbons (Fsp3) is 0.438. The maximum Gasteiger partial charge on any atom is 0.406 e. The lowest BCUT2D eigenvalue weighted by atomic mass is 10.0. The average molecular weight is 312 g/mol. The molecule has 1 aliphatic rings. The van der Waals surface area contributed by atoms with Crippen molar-refractivity contribution in [2.75, 3.05) is 6.54 Å². The van der Waals surface area contributed by atoms with Crippen LogP contribution in [0.4, 0.5) is 18.9 Å². The van der Waals surface area contributed by atoms with Crippen LogP contribution in [0.25, 0.3) is 6.08 Å². The summed E-state index contributed by atoms with van der Waals surface area (Å²) in [6.07, 6.45) is -1.64. The third-order valence-electron chi connectivity index (χ3n) is 3.89. The van der Waals surface area contributed by atoms with Crippen LogP contribution in [-0.2, 0) is 0 Å². The summed E-state index contributed by atoms with van der Waals surface area (Å²) in [6, 6.07) is 5.20. The predicted octanol–water partition coefficient (Wildman–Crippen LogP) is 3.77. The first-order valence-electron chi connectivity index (χ1n) is 7.07. The molecule has 0 bridgehead atoms. The molecule has 0 amide bonds. The quantitative estimate of drug-likeness (QED) is 0.785. The summed E-state index contributed by atoms with van der Waals surface area (Å²) >= 11 is 0. The molecule has 3 nitrogen and oxygen atoms in total. The van der Waals surface area contributed by atoms with Gasteiger partial charge in [-0.1, -0.05) is 30.4 Å². The Bertz CT molecular complexity index is 577. The van der Waals surface area contributed by atoms with Gasteiger partial charge in [0.25, 0.3) is 0 Å². The zero-order chi connectivity index (χ0) is 16.4. The highest BCUT2D eigenvalue weighted by Crippen LogP contribution is 2.49. The van der Waals surface area contributed by atoms with Gasteiger partial charge in [-0.15, -0.1) is 0 Å². The van der Waals surface area contributed by atoms with Gasteiger partial charge in [-0.25, -0.2) is 0 Å². The van der Waals surface area contributed by atoms with E-state index in [1.165, 1.54) is 0 Å². The van der Waals surface area contributed by atoms with Crippen molar-refractivity contribution in [3.05, 3.63) is 35.4 Å². The normalized spacial score (nSPS) is 18.4. The molecule has 2 rings (SSSR count). The number of β-amino-alcohol motifs (C(OH)–C–C–N with tert-alkyl or cyclic N) is 1. The summed E-state index contributed by atoms with van der Waals surface area (Å²) in [6.45, 7) is 5.15. The minimum atomic E-state index is -4.29. The Hall–Kier alpha value is -1.66. The third kappa shape index (κ3) is 3.23. The topological polar surface area (TPSA) is 44.6 Å². The van der Waals surface area contributed by atoms with E-state index in [2.05, 4.69) is 17.0 Å². The number of benzene rings is 1. The number of nitrogens with one attached hydrogen (secondary N) is 1. The molecule has 0 radical (unpaired) electrons. The number of nitrogens with zero attached hydrogens (tertiary/aromatic N) is 1. The minimum absolute atomic E-state index is 0.0500. The van der Waals surface area contributed by atoms with E-state index < -0.39 is 17.8 Å². The second kappa shape index (κ2) is 6.22. The van der Waals surface area contributed by atoms with E-state index in [4.69, 9.17) is 0 Å². The molecule has 1 saturated carbocycles. The van der Waals surface area contributed by atoms with Crippen molar-refractivity contribution in [2.45, 2.75) is 37.6 Å². The van der Waals surface area contributed by atoms with Gasteiger partial charge in [0.15, 0.2) is 0 Å². The summed E-state index contributed by atoms with van der Waals surface area (Å²) in [5.74, 6) is 0. The van der Waals surface area contributed by atoms with Gasteiger partial charge in [-0.2, -0.15) is 13.2 Å². The molecule has 6 heteroatoms. The Balaban J connectivity index is 2.15. The molecule has 0 spiro atoms. The number of allylic oxidation sites excluding steroid dienone is 1. The van der Waals surface area contributed by atoms with E-state index in [0.717, 1.165) is 5.56 Å². The molecule has 1 aromatic carbocycles. The maximum absolute atomic E-state index is 12.9. The van der Waals surface area contributed by atoms with E-state index in [-0.39, 0.29) is 19.4 Å². The first-order valence-corrected chi connectivity index (χ1v) is 7.07. The predicted molar refractivity (Wildman–Crippen MR) is 81.3 cm³/mol. The highest BCUT2D eigenvalue weighted by atomic mass is 19.4. The van der Waals surface area contributed by atoms with Crippen molar-refractivity contribution in [1.29, 1.82) is 0 Å². The second-order valence-corrected chi connectivity index (χ2v) is 5.42. The Morgan fingerprint density at radius 3 is 2.64 bits per heavy atom. The van der Waals surface area contributed by atoms with Crippen LogP contribution in [0.5, 0.6) is 0 Å². The number of para-hydroxylation sites is 1. The molecule has 0 aromatic heterocycles. The smallest absolute Gasteiger partial charge is 0.387 e. The fourth-order valence-electron chi connectivity index (χ4n) is 2.43. The van der Waals surface area contributed by atoms with E-state index in [9.17, 15) is 18.3 Å². The highest BCUT2D eigenvalue weighted by Gasteiger charge is 2.63. The van der Waals surface area contributed by atoms with E-state index >= 15 is 0 Å². The maximum atomic E-state index is 12.9. The van der Waals surface area contributed by atoms with Crippen LogP contribution in [0.1, 0.15) is 37.0 Å². The standard InChI is InChI=1S/C16H19F3N2O/c1-3-5-11-6-4-7-12(14(11)20-2)13(22)10-21-15(8-9-15)16(17,18)19/h3-7,13,21-22H,2,8-10H2,1H3/b5-3-/t13-/m0/s1. The van der Waals surface area contributed by atoms with Gasteiger partial charge >= 0.3 is 6.18 Å². The zero-order valence-electron chi connectivity index (χ0n) is 12.3. The molecule has 1 aliphatic carbocycles. The van der Waals surface area contributed by atoms with E-state index in [1.54, 1.807) is 12.1 Å². The van der Waals surface area contributed by atoms with Crippen LogP contribution >= 0.6 is 0 Å². The van der Waals surface area contributed by atoms with E-state index in [1.807, 2.05) is 25.1 Å². The Kier molecular flexibility index (Phi) is 4.72. The van der Waals surface area contributed by atoms with Crippen molar-refractivity contribution < 1.29 is 18.3 Å². The summed E-state index contributed by atoms with van der Waals surface area (Å²) in [5, 5.41) is 12.7. The van der Waals surface area contributed by atoms with Crippen LogP contribution in [0.15, 0.2) is 29.3 Å². The average Bonchev–Trinajstić information content (AvgIpc) is 3.25. The molecule has 0 heterocycles. The lowest BCUT2D eigenvalue weighted by Crippen LogP contribution is -2.46. The molecule has 2 N–H and O–H groups in total. The number of halogens is 3. The number of hydrogen-bond acceptors (Lipinski definition) is 3. The van der Waals surface area contributed by atoms with Crippen molar-refractivity contribution in [1.82, 2.24) is 5.32 Å². The number of rotatable bonds is 6. The minimum Gasteiger partial charge on any atom is -0.387 e. The van der Waals surface area contributed by atoms with Crippen molar-refractivity contribution >= 4 is 18.5 Å². The Morgan fingerprint density at radius 2 is 2.14 bits per heavy atom. The monoisotopic (exact) mass is 312 g/mol.